The van der Waals surface area contributed by atoms with Crippen LogP contribution in [0.3, 0.4) is 0 Å². The van der Waals surface area contributed by atoms with Gasteiger partial charge >= 0.3 is 0 Å². The van der Waals surface area contributed by atoms with E-state index in [2.05, 4.69) is 78.0 Å². The minimum absolute atomic E-state index is 0.841. The molecule has 3 aromatic rings. The normalized spacial score (nSPS) is 11.2. The zero-order valence-corrected chi connectivity index (χ0v) is 13.0. The van der Waals surface area contributed by atoms with Gasteiger partial charge in [0, 0.05) is 18.9 Å². The number of imidazole rings is 1. The van der Waals surface area contributed by atoms with Crippen LogP contribution < -0.4 is 0 Å². The predicted octanol–water partition coefficient (Wildman–Crippen LogP) is 4.72. The van der Waals surface area contributed by atoms with Crippen LogP contribution in [-0.4, -0.2) is 9.55 Å². The Bertz CT molecular complexity index is 762. The van der Waals surface area contributed by atoms with Gasteiger partial charge in [-0.05, 0) is 42.2 Å². The highest BCUT2D eigenvalue weighted by Gasteiger charge is 2.02. The third kappa shape index (κ3) is 3.17. The summed E-state index contributed by atoms with van der Waals surface area (Å²) in [6.45, 7) is 5.12. The smallest absolute Gasteiger partial charge is 0.132 e. The Morgan fingerprint density at radius 1 is 0.909 bits per heavy atom. The van der Waals surface area contributed by atoms with Crippen LogP contribution in [0.1, 0.15) is 28.1 Å². The zero-order chi connectivity index (χ0) is 15.4. The second-order valence-corrected chi connectivity index (χ2v) is 5.54. The lowest BCUT2D eigenvalue weighted by atomic mass is 10.0. The van der Waals surface area contributed by atoms with Gasteiger partial charge in [0.15, 0.2) is 0 Å². The topological polar surface area (TPSA) is 17.8 Å². The maximum atomic E-state index is 4.46. The van der Waals surface area contributed by atoms with Crippen molar-refractivity contribution in [3.05, 3.63) is 89.0 Å². The minimum Gasteiger partial charge on any atom is -0.327 e. The Hall–Kier alpha value is -2.61. The second kappa shape index (κ2) is 6.44. The molecule has 0 fully saturated rings. The molecule has 0 aliphatic carbocycles. The van der Waals surface area contributed by atoms with Gasteiger partial charge in [-0.15, -0.1) is 0 Å². The van der Waals surface area contributed by atoms with Gasteiger partial charge in [0.25, 0.3) is 0 Å². The fraction of sp³-hybridized carbons (Fsp3) is 0.150. The quantitative estimate of drug-likeness (QED) is 0.679. The number of rotatable bonds is 4. The predicted molar refractivity (Wildman–Crippen MR) is 92.6 cm³/mol. The fourth-order valence-electron chi connectivity index (χ4n) is 2.64. The lowest BCUT2D eigenvalue weighted by Crippen LogP contribution is -2.00. The van der Waals surface area contributed by atoms with E-state index in [1.54, 1.807) is 0 Å². The van der Waals surface area contributed by atoms with E-state index in [-0.39, 0.29) is 0 Å². The van der Waals surface area contributed by atoms with Crippen molar-refractivity contribution >= 4 is 12.2 Å². The van der Waals surface area contributed by atoms with Crippen LogP contribution >= 0.6 is 0 Å². The van der Waals surface area contributed by atoms with Gasteiger partial charge in [-0.2, -0.15) is 0 Å². The van der Waals surface area contributed by atoms with Crippen molar-refractivity contribution in [2.24, 2.45) is 0 Å². The molecule has 3 rings (SSSR count). The molecule has 2 aromatic carbocycles. The summed E-state index contributed by atoms with van der Waals surface area (Å²) in [4.78, 5) is 4.46. The maximum Gasteiger partial charge on any atom is 0.132 e. The SMILES string of the molecule is Cc1cccc(C)c1/C=C/c1nccn1Cc1ccccc1. The highest BCUT2D eigenvalue weighted by Crippen LogP contribution is 2.17. The molecule has 0 spiro atoms. The van der Waals surface area contributed by atoms with E-state index >= 15 is 0 Å². The highest BCUT2D eigenvalue weighted by atomic mass is 15.0. The molecule has 0 aliphatic rings. The summed E-state index contributed by atoms with van der Waals surface area (Å²) < 4.78 is 2.17. The Labute approximate surface area is 131 Å². The van der Waals surface area contributed by atoms with Gasteiger partial charge in [0.2, 0.25) is 0 Å². The molecule has 0 amide bonds. The van der Waals surface area contributed by atoms with Gasteiger partial charge in [-0.25, -0.2) is 4.98 Å². The van der Waals surface area contributed by atoms with Gasteiger partial charge in [0.05, 0.1) is 0 Å². The Kier molecular flexibility index (Phi) is 4.19. The van der Waals surface area contributed by atoms with Crippen molar-refractivity contribution < 1.29 is 0 Å². The zero-order valence-electron chi connectivity index (χ0n) is 13.0. The van der Waals surface area contributed by atoms with Crippen LogP contribution in [-0.2, 0) is 6.54 Å². The minimum atomic E-state index is 0.841. The number of hydrogen-bond donors (Lipinski definition) is 0. The summed E-state index contributed by atoms with van der Waals surface area (Å²) in [6, 6.07) is 16.8. The van der Waals surface area contributed by atoms with Crippen LogP contribution in [0.2, 0.25) is 0 Å². The summed E-state index contributed by atoms with van der Waals surface area (Å²) in [7, 11) is 0. The summed E-state index contributed by atoms with van der Waals surface area (Å²) in [5.41, 5.74) is 5.13. The molecule has 22 heavy (non-hydrogen) atoms. The Morgan fingerprint density at radius 2 is 1.64 bits per heavy atom. The van der Waals surface area contributed by atoms with E-state index in [9.17, 15) is 0 Å². The molecule has 0 atom stereocenters. The van der Waals surface area contributed by atoms with Crippen LogP contribution in [0.15, 0.2) is 60.9 Å². The highest BCUT2D eigenvalue weighted by molar-refractivity contribution is 5.70. The average Bonchev–Trinajstić information content (AvgIpc) is 2.95. The molecule has 2 heteroatoms. The lowest BCUT2D eigenvalue weighted by Gasteiger charge is -2.06. The first-order chi connectivity index (χ1) is 10.7. The molecular formula is C20H20N2. The standard InChI is InChI=1S/C20H20N2/c1-16-7-6-8-17(2)19(16)11-12-20-21-13-14-22(20)15-18-9-4-3-5-10-18/h3-14H,15H2,1-2H3/b12-11+. The molecule has 0 saturated carbocycles. The van der Waals surface area contributed by atoms with Crippen molar-refractivity contribution in [3.8, 4) is 0 Å². The van der Waals surface area contributed by atoms with E-state index in [1.165, 1.54) is 22.3 Å². The molecule has 2 nitrogen and oxygen atoms in total. The molecule has 0 radical (unpaired) electrons. The van der Waals surface area contributed by atoms with Gasteiger partial charge < -0.3 is 4.57 Å². The Morgan fingerprint density at radius 3 is 2.36 bits per heavy atom. The van der Waals surface area contributed by atoms with Gasteiger partial charge in [0.1, 0.15) is 5.82 Å². The third-order valence-electron chi connectivity index (χ3n) is 3.88. The number of hydrogen-bond acceptors (Lipinski definition) is 1. The first kappa shape index (κ1) is 14.3. The Balaban J connectivity index is 1.85. The average molecular weight is 288 g/mol. The van der Waals surface area contributed by atoms with Crippen molar-refractivity contribution in [1.82, 2.24) is 9.55 Å². The molecule has 0 unspecified atom stereocenters. The molecule has 1 aromatic heterocycles. The first-order valence-corrected chi connectivity index (χ1v) is 7.53. The second-order valence-electron chi connectivity index (χ2n) is 5.54. The van der Waals surface area contributed by atoms with Crippen molar-refractivity contribution in [2.45, 2.75) is 20.4 Å². The van der Waals surface area contributed by atoms with E-state index in [4.69, 9.17) is 0 Å². The fourth-order valence-corrected chi connectivity index (χ4v) is 2.64. The molecule has 0 bridgehead atoms. The molecule has 0 aliphatic heterocycles. The number of nitrogens with zero attached hydrogens (tertiary/aromatic N) is 2. The number of benzene rings is 2. The van der Waals surface area contributed by atoms with Gasteiger partial charge in [-0.3, -0.25) is 0 Å². The van der Waals surface area contributed by atoms with Crippen LogP contribution in [0.5, 0.6) is 0 Å². The molecule has 110 valence electrons. The third-order valence-corrected chi connectivity index (χ3v) is 3.88. The van der Waals surface area contributed by atoms with Crippen molar-refractivity contribution in [1.29, 1.82) is 0 Å². The van der Waals surface area contributed by atoms with Crippen molar-refractivity contribution in [2.75, 3.05) is 0 Å². The number of aryl methyl sites for hydroxylation is 2. The molecule has 1 heterocycles. The van der Waals surface area contributed by atoms with Crippen molar-refractivity contribution in [3.63, 3.8) is 0 Å². The van der Waals surface area contributed by atoms with Gasteiger partial charge in [-0.1, -0.05) is 54.6 Å². The summed E-state index contributed by atoms with van der Waals surface area (Å²) in [6.07, 6.45) is 8.14. The lowest BCUT2D eigenvalue weighted by molar-refractivity contribution is 0.787. The van der Waals surface area contributed by atoms with Crippen LogP contribution in [0.4, 0.5) is 0 Å². The first-order valence-electron chi connectivity index (χ1n) is 7.53. The molecular weight excluding hydrogens is 268 g/mol. The summed E-state index contributed by atoms with van der Waals surface area (Å²) in [5.74, 6) is 0.978. The van der Waals surface area contributed by atoms with E-state index < -0.39 is 0 Å². The molecule has 0 N–H and O–H groups in total. The summed E-state index contributed by atoms with van der Waals surface area (Å²) >= 11 is 0. The molecule has 0 saturated heterocycles. The van der Waals surface area contributed by atoms with E-state index in [0.29, 0.717) is 0 Å². The largest absolute Gasteiger partial charge is 0.327 e. The maximum absolute atomic E-state index is 4.46. The van der Waals surface area contributed by atoms with Crippen LogP contribution in [0, 0.1) is 13.8 Å². The number of aromatic nitrogens is 2. The monoisotopic (exact) mass is 288 g/mol. The van der Waals surface area contributed by atoms with E-state index in [1.807, 2.05) is 18.5 Å². The van der Waals surface area contributed by atoms with Crippen LogP contribution in [0.25, 0.3) is 12.2 Å². The summed E-state index contributed by atoms with van der Waals surface area (Å²) in [5, 5.41) is 0. The van der Waals surface area contributed by atoms with E-state index in [0.717, 1.165) is 12.4 Å².